The van der Waals surface area contributed by atoms with Gasteiger partial charge in [0.15, 0.2) is 5.75 Å². The van der Waals surface area contributed by atoms with Crippen LogP contribution in [0.5, 0.6) is 17.2 Å². The minimum Gasteiger partial charge on any atom is -0.455 e. The van der Waals surface area contributed by atoms with Crippen LogP contribution in [0.3, 0.4) is 0 Å². The van der Waals surface area contributed by atoms with E-state index in [9.17, 15) is 13.2 Å². The highest BCUT2D eigenvalue weighted by molar-refractivity contribution is 5.72. The summed E-state index contributed by atoms with van der Waals surface area (Å²) >= 11 is 0. The van der Waals surface area contributed by atoms with E-state index in [1.807, 2.05) is 36.4 Å². The molecule has 0 radical (unpaired) electrons. The quantitative estimate of drug-likeness (QED) is 0.206. The zero-order valence-corrected chi connectivity index (χ0v) is 22.5. The van der Waals surface area contributed by atoms with E-state index in [1.54, 1.807) is 12.1 Å². The van der Waals surface area contributed by atoms with Crippen molar-refractivity contribution in [2.24, 2.45) is 0 Å². The molecule has 0 heterocycles. The Morgan fingerprint density at radius 3 is 1.97 bits per heavy atom. The summed E-state index contributed by atoms with van der Waals surface area (Å²) in [5.74, 6) is 1.17. The molecule has 0 saturated heterocycles. The summed E-state index contributed by atoms with van der Waals surface area (Å²) in [4.78, 5) is 0. The fourth-order valence-electron chi connectivity index (χ4n) is 4.26. The van der Waals surface area contributed by atoms with Crippen molar-refractivity contribution in [1.29, 1.82) is 0 Å². The van der Waals surface area contributed by atoms with Crippen molar-refractivity contribution in [1.82, 2.24) is 0 Å². The predicted octanol–water partition coefficient (Wildman–Crippen LogP) is 9.78. The van der Waals surface area contributed by atoms with Crippen LogP contribution in [0.1, 0.15) is 44.7 Å². The lowest BCUT2D eigenvalue weighted by molar-refractivity contribution is -0.274. The van der Waals surface area contributed by atoms with E-state index in [1.165, 1.54) is 23.3 Å². The standard InChI is InChI=1S/C33H34F3NO2/c1-32(2,3)27-15-19-28(20-16-27)38-31-21-14-26(25-12-17-29(18-13-25)39-33(34,35)36)23-30(31)37-22-8-7-11-24-9-5-4-6-10-24/h4-6,9-10,12-21,23,37H,7-8,11,22H2,1-3H3. The van der Waals surface area contributed by atoms with E-state index in [0.29, 0.717) is 5.75 Å². The molecule has 0 fully saturated rings. The molecule has 0 aliphatic rings. The molecule has 0 atom stereocenters. The Hall–Kier alpha value is -3.93. The maximum Gasteiger partial charge on any atom is 0.573 e. The lowest BCUT2D eigenvalue weighted by atomic mass is 9.87. The first-order valence-corrected chi connectivity index (χ1v) is 13.1. The Bertz CT molecular complexity index is 1330. The second-order valence-corrected chi connectivity index (χ2v) is 10.5. The molecule has 4 rings (SSSR count). The van der Waals surface area contributed by atoms with Crippen LogP contribution in [-0.4, -0.2) is 12.9 Å². The maximum absolute atomic E-state index is 12.5. The first kappa shape index (κ1) is 28.1. The van der Waals surface area contributed by atoms with Crippen LogP contribution in [0.2, 0.25) is 0 Å². The van der Waals surface area contributed by atoms with Gasteiger partial charge in [0, 0.05) is 6.54 Å². The molecule has 0 spiro atoms. The molecular weight excluding hydrogens is 499 g/mol. The molecule has 0 unspecified atom stereocenters. The SMILES string of the molecule is CC(C)(C)c1ccc(Oc2ccc(-c3ccc(OC(F)(F)F)cc3)cc2NCCCCc2ccccc2)cc1. The summed E-state index contributed by atoms with van der Waals surface area (Å²) in [5.41, 5.74) is 5.05. The van der Waals surface area contributed by atoms with Crippen LogP contribution in [0.25, 0.3) is 11.1 Å². The van der Waals surface area contributed by atoms with Crippen molar-refractivity contribution >= 4 is 5.69 Å². The Balaban J connectivity index is 1.50. The van der Waals surface area contributed by atoms with Crippen molar-refractivity contribution in [3.05, 3.63) is 108 Å². The van der Waals surface area contributed by atoms with Gasteiger partial charge in [0.1, 0.15) is 11.5 Å². The van der Waals surface area contributed by atoms with Crippen LogP contribution < -0.4 is 14.8 Å². The van der Waals surface area contributed by atoms with Gasteiger partial charge in [0.25, 0.3) is 0 Å². The molecule has 39 heavy (non-hydrogen) atoms. The summed E-state index contributed by atoms with van der Waals surface area (Å²) in [6.07, 6.45) is -1.69. The Kier molecular flexibility index (Phi) is 8.85. The minimum atomic E-state index is -4.72. The number of ether oxygens (including phenoxy) is 2. The number of hydrogen-bond acceptors (Lipinski definition) is 3. The van der Waals surface area contributed by atoms with E-state index in [-0.39, 0.29) is 11.2 Å². The van der Waals surface area contributed by atoms with Gasteiger partial charge in [0.05, 0.1) is 5.69 Å². The van der Waals surface area contributed by atoms with Gasteiger partial charge in [-0.25, -0.2) is 0 Å². The van der Waals surface area contributed by atoms with Crippen LogP contribution in [0.4, 0.5) is 18.9 Å². The summed E-state index contributed by atoms with van der Waals surface area (Å²) in [6.45, 7) is 7.27. The maximum atomic E-state index is 12.5. The van der Waals surface area contributed by atoms with Crippen molar-refractivity contribution in [2.45, 2.75) is 51.8 Å². The van der Waals surface area contributed by atoms with Crippen LogP contribution in [0.15, 0.2) is 97.1 Å². The zero-order chi connectivity index (χ0) is 27.9. The molecule has 0 aliphatic carbocycles. The van der Waals surface area contributed by atoms with Gasteiger partial charge in [-0.1, -0.05) is 81.4 Å². The van der Waals surface area contributed by atoms with E-state index < -0.39 is 6.36 Å². The first-order valence-electron chi connectivity index (χ1n) is 13.1. The van der Waals surface area contributed by atoms with E-state index >= 15 is 0 Å². The molecule has 6 heteroatoms. The van der Waals surface area contributed by atoms with Gasteiger partial charge in [0.2, 0.25) is 0 Å². The molecule has 4 aromatic rings. The summed E-state index contributed by atoms with van der Waals surface area (Å²) in [5, 5.41) is 3.51. The van der Waals surface area contributed by atoms with Crippen LogP contribution in [0, 0.1) is 0 Å². The second-order valence-electron chi connectivity index (χ2n) is 10.5. The summed E-state index contributed by atoms with van der Waals surface area (Å²) in [6, 6.07) is 30.1. The van der Waals surface area contributed by atoms with E-state index in [2.05, 4.69) is 67.2 Å². The third-order valence-corrected chi connectivity index (χ3v) is 6.40. The Morgan fingerprint density at radius 1 is 0.692 bits per heavy atom. The van der Waals surface area contributed by atoms with Gasteiger partial charge < -0.3 is 14.8 Å². The third-order valence-electron chi connectivity index (χ3n) is 6.40. The molecule has 0 amide bonds. The molecule has 4 aromatic carbocycles. The number of alkyl halides is 3. The normalized spacial score (nSPS) is 11.7. The monoisotopic (exact) mass is 533 g/mol. The molecule has 1 N–H and O–H groups in total. The summed E-state index contributed by atoms with van der Waals surface area (Å²) < 4.78 is 47.9. The Morgan fingerprint density at radius 2 is 1.33 bits per heavy atom. The van der Waals surface area contributed by atoms with Gasteiger partial charge in [-0.2, -0.15) is 0 Å². The van der Waals surface area contributed by atoms with E-state index in [0.717, 1.165) is 48.4 Å². The number of aryl methyl sites for hydroxylation is 1. The van der Waals surface area contributed by atoms with Gasteiger partial charge in [-0.15, -0.1) is 13.2 Å². The fraction of sp³-hybridized carbons (Fsp3) is 0.273. The molecule has 204 valence electrons. The smallest absolute Gasteiger partial charge is 0.455 e. The number of rotatable bonds is 10. The number of hydrogen-bond donors (Lipinski definition) is 1. The zero-order valence-electron chi connectivity index (χ0n) is 22.5. The number of unbranched alkanes of at least 4 members (excludes halogenated alkanes) is 1. The van der Waals surface area contributed by atoms with Crippen molar-refractivity contribution in [3.8, 4) is 28.4 Å². The minimum absolute atomic E-state index is 0.0489. The second kappa shape index (κ2) is 12.3. The molecule has 0 bridgehead atoms. The molecule has 0 saturated carbocycles. The highest BCUT2D eigenvalue weighted by atomic mass is 19.4. The predicted molar refractivity (Wildman–Crippen MR) is 152 cm³/mol. The molecule has 0 aliphatic heterocycles. The van der Waals surface area contributed by atoms with Gasteiger partial charge in [-0.05, 0) is 83.3 Å². The first-order chi connectivity index (χ1) is 18.6. The topological polar surface area (TPSA) is 30.5 Å². The summed E-state index contributed by atoms with van der Waals surface area (Å²) in [7, 11) is 0. The van der Waals surface area contributed by atoms with E-state index in [4.69, 9.17) is 4.74 Å². The van der Waals surface area contributed by atoms with Gasteiger partial charge in [-0.3, -0.25) is 0 Å². The molecular formula is C33H34F3NO2. The van der Waals surface area contributed by atoms with Crippen LogP contribution >= 0.6 is 0 Å². The molecule has 0 aromatic heterocycles. The lowest BCUT2D eigenvalue weighted by Gasteiger charge is -2.19. The average Bonchev–Trinajstić information content (AvgIpc) is 2.89. The van der Waals surface area contributed by atoms with Crippen molar-refractivity contribution in [3.63, 3.8) is 0 Å². The highest BCUT2D eigenvalue weighted by Gasteiger charge is 2.31. The van der Waals surface area contributed by atoms with Crippen molar-refractivity contribution < 1.29 is 22.6 Å². The van der Waals surface area contributed by atoms with Crippen LogP contribution in [-0.2, 0) is 11.8 Å². The number of anilines is 1. The Labute approximate surface area is 228 Å². The van der Waals surface area contributed by atoms with Crippen molar-refractivity contribution in [2.75, 3.05) is 11.9 Å². The lowest BCUT2D eigenvalue weighted by Crippen LogP contribution is -2.16. The third kappa shape index (κ3) is 8.54. The fourth-order valence-corrected chi connectivity index (χ4v) is 4.26. The number of benzene rings is 4. The largest absolute Gasteiger partial charge is 0.573 e. The van der Waals surface area contributed by atoms with Gasteiger partial charge >= 0.3 is 6.36 Å². The molecule has 3 nitrogen and oxygen atoms in total. The average molecular weight is 534 g/mol. The highest BCUT2D eigenvalue weighted by Crippen LogP contribution is 2.35. The number of halogens is 3. The number of nitrogens with one attached hydrogen (secondary N) is 1.